The minimum Gasteiger partial charge on any atom is -0.491 e. The molecule has 4 nitrogen and oxygen atoms in total. The number of hydrogen-bond donors (Lipinski definition) is 2. The molecule has 0 unspecified atom stereocenters. The van der Waals surface area contributed by atoms with Gasteiger partial charge in [-0.25, -0.2) is 0 Å². The Hall–Kier alpha value is -0.970. The van der Waals surface area contributed by atoms with E-state index in [1.165, 1.54) is 12.8 Å². The number of ether oxygens (including phenoxy) is 1. The molecule has 118 valence electrons. The van der Waals surface area contributed by atoms with Crippen LogP contribution >= 0.6 is 24.0 Å². The van der Waals surface area contributed by atoms with Crippen molar-refractivity contribution in [2.24, 2.45) is 5.92 Å². The molecule has 0 atom stereocenters. The van der Waals surface area contributed by atoms with Crippen molar-refractivity contribution >= 4 is 35.6 Å². The van der Waals surface area contributed by atoms with E-state index in [0.29, 0.717) is 29.6 Å². The van der Waals surface area contributed by atoms with Gasteiger partial charge in [-0.15, -0.1) is 12.4 Å². The number of benzene rings is 1. The molecule has 0 aliphatic heterocycles. The highest BCUT2D eigenvalue weighted by Crippen LogP contribution is 2.28. The van der Waals surface area contributed by atoms with E-state index in [9.17, 15) is 4.79 Å². The second-order valence-corrected chi connectivity index (χ2v) is 5.55. The number of carbonyl (C=O) groups is 1. The van der Waals surface area contributed by atoms with Crippen LogP contribution in [0.2, 0.25) is 5.02 Å². The summed E-state index contributed by atoms with van der Waals surface area (Å²) in [7, 11) is 0. The predicted molar refractivity (Wildman–Crippen MR) is 88.7 cm³/mol. The van der Waals surface area contributed by atoms with E-state index < -0.39 is 0 Å². The van der Waals surface area contributed by atoms with Crippen LogP contribution in [-0.4, -0.2) is 25.6 Å². The topological polar surface area (TPSA) is 50.4 Å². The first kappa shape index (κ1) is 18.1. The molecule has 1 aliphatic rings. The van der Waals surface area contributed by atoms with Gasteiger partial charge in [0, 0.05) is 5.02 Å². The summed E-state index contributed by atoms with van der Waals surface area (Å²) < 4.78 is 5.60. The summed E-state index contributed by atoms with van der Waals surface area (Å²) in [4.78, 5) is 11.9. The lowest BCUT2D eigenvalue weighted by Crippen LogP contribution is -2.29. The number of carbonyl (C=O) groups excluding carboxylic acids is 1. The Morgan fingerprint density at radius 3 is 2.86 bits per heavy atom. The number of nitrogens with one attached hydrogen (secondary N) is 2. The summed E-state index contributed by atoms with van der Waals surface area (Å²) >= 11 is 5.97. The zero-order valence-corrected chi connectivity index (χ0v) is 13.7. The molecule has 0 radical (unpaired) electrons. The third kappa shape index (κ3) is 6.55. The summed E-state index contributed by atoms with van der Waals surface area (Å²) in [6, 6.07) is 5.25. The summed E-state index contributed by atoms with van der Waals surface area (Å²) in [6.45, 7) is 3.89. The summed E-state index contributed by atoms with van der Waals surface area (Å²) in [6.07, 6.45) is 3.47. The Balaban J connectivity index is 0.00000220. The van der Waals surface area contributed by atoms with Crippen LogP contribution < -0.4 is 15.4 Å². The van der Waals surface area contributed by atoms with Crippen LogP contribution in [0.3, 0.4) is 0 Å². The van der Waals surface area contributed by atoms with E-state index in [2.05, 4.69) is 10.6 Å². The van der Waals surface area contributed by atoms with Gasteiger partial charge in [-0.05, 0) is 49.9 Å². The third-order valence-corrected chi connectivity index (χ3v) is 3.33. The second kappa shape index (κ2) is 9.13. The number of halogens is 2. The van der Waals surface area contributed by atoms with Gasteiger partial charge in [0.1, 0.15) is 5.75 Å². The number of hydrogen-bond acceptors (Lipinski definition) is 3. The van der Waals surface area contributed by atoms with Crippen LogP contribution in [-0.2, 0) is 4.79 Å². The minimum absolute atomic E-state index is 0. The molecule has 0 saturated heterocycles. The molecule has 1 aromatic carbocycles. The molecule has 1 saturated carbocycles. The van der Waals surface area contributed by atoms with Crippen LogP contribution in [0.5, 0.6) is 5.75 Å². The Kier molecular flexibility index (Phi) is 7.86. The predicted octanol–water partition coefficient (Wildman–Crippen LogP) is 3.49. The van der Waals surface area contributed by atoms with Gasteiger partial charge in [-0.2, -0.15) is 0 Å². The first-order chi connectivity index (χ1) is 9.69. The van der Waals surface area contributed by atoms with E-state index >= 15 is 0 Å². The zero-order valence-electron chi connectivity index (χ0n) is 12.2. The molecular weight excluding hydrogens is 311 g/mol. The molecule has 1 aliphatic carbocycles. The average Bonchev–Trinajstić information content (AvgIpc) is 3.22. The summed E-state index contributed by atoms with van der Waals surface area (Å²) in [5.41, 5.74) is 0.629. The molecule has 1 amide bonds. The standard InChI is InChI=1S/C15H21ClN2O2.ClH/c1-2-7-20-14-6-5-12(16)8-13(14)18-15(19)10-17-9-11-3-4-11;/h5-6,8,11,17H,2-4,7,9-10H2,1H3,(H,18,19);1H. The quantitative estimate of drug-likeness (QED) is 0.766. The lowest BCUT2D eigenvalue weighted by atomic mass is 10.3. The van der Waals surface area contributed by atoms with Crippen molar-refractivity contribution in [3.05, 3.63) is 23.2 Å². The van der Waals surface area contributed by atoms with E-state index in [0.717, 1.165) is 18.9 Å². The first-order valence-corrected chi connectivity index (χ1v) is 7.49. The fourth-order valence-corrected chi connectivity index (χ4v) is 2.02. The van der Waals surface area contributed by atoms with Crippen molar-refractivity contribution in [2.75, 3.05) is 25.0 Å². The van der Waals surface area contributed by atoms with Crippen LogP contribution in [0.15, 0.2) is 18.2 Å². The van der Waals surface area contributed by atoms with Gasteiger partial charge < -0.3 is 15.4 Å². The summed E-state index contributed by atoms with van der Waals surface area (Å²) in [5, 5.41) is 6.58. The van der Waals surface area contributed by atoms with Gasteiger partial charge in [-0.3, -0.25) is 4.79 Å². The normalized spacial score (nSPS) is 13.4. The number of anilines is 1. The van der Waals surface area contributed by atoms with Gasteiger partial charge in [-0.1, -0.05) is 18.5 Å². The fraction of sp³-hybridized carbons (Fsp3) is 0.533. The van der Waals surface area contributed by atoms with Gasteiger partial charge >= 0.3 is 0 Å². The SMILES string of the molecule is CCCOc1ccc(Cl)cc1NC(=O)CNCC1CC1.Cl. The Morgan fingerprint density at radius 2 is 2.19 bits per heavy atom. The maximum absolute atomic E-state index is 11.9. The molecule has 0 heterocycles. The second-order valence-electron chi connectivity index (χ2n) is 5.11. The molecule has 0 spiro atoms. The molecule has 1 fully saturated rings. The van der Waals surface area contributed by atoms with E-state index in [-0.39, 0.29) is 18.3 Å². The van der Waals surface area contributed by atoms with Crippen LogP contribution in [0, 0.1) is 5.92 Å². The maximum atomic E-state index is 11.9. The molecule has 6 heteroatoms. The van der Waals surface area contributed by atoms with E-state index in [4.69, 9.17) is 16.3 Å². The summed E-state index contributed by atoms with van der Waals surface area (Å²) in [5.74, 6) is 1.35. The highest BCUT2D eigenvalue weighted by Gasteiger charge is 2.20. The molecule has 1 aromatic rings. The zero-order chi connectivity index (χ0) is 14.4. The molecule has 2 N–H and O–H groups in total. The highest BCUT2D eigenvalue weighted by atomic mass is 35.5. The Bertz CT molecular complexity index is 465. The molecule has 0 bridgehead atoms. The van der Waals surface area contributed by atoms with Crippen molar-refractivity contribution in [2.45, 2.75) is 26.2 Å². The van der Waals surface area contributed by atoms with Gasteiger partial charge in [0.15, 0.2) is 0 Å². The average molecular weight is 333 g/mol. The van der Waals surface area contributed by atoms with Gasteiger partial charge in [0.25, 0.3) is 0 Å². The lowest BCUT2D eigenvalue weighted by Gasteiger charge is -2.12. The smallest absolute Gasteiger partial charge is 0.238 e. The van der Waals surface area contributed by atoms with Crippen molar-refractivity contribution in [1.29, 1.82) is 0 Å². The molecular formula is C15H22Cl2N2O2. The number of amides is 1. The molecule has 21 heavy (non-hydrogen) atoms. The largest absolute Gasteiger partial charge is 0.491 e. The molecule has 2 rings (SSSR count). The van der Waals surface area contributed by atoms with Crippen molar-refractivity contribution in [3.8, 4) is 5.75 Å². The van der Waals surface area contributed by atoms with Crippen molar-refractivity contribution in [3.63, 3.8) is 0 Å². The van der Waals surface area contributed by atoms with Crippen molar-refractivity contribution in [1.82, 2.24) is 5.32 Å². The fourth-order valence-electron chi connectivity index (χ4n) is 1.84. The van der Waals surface area contributed by atoms with Crippen LogP contribution in [0.1, 0.15) is 26.2 Å². The third-order valence-electron chi connectivity index (χ3n) is 3.09. The molecule has 0 aromatic heterocycles. The lowest BCUT2D eigenvalue weighted by molar-refractivity contribution is -0.115. The van der Waals surface area contributed by atoms with Gasteiger partial charge in [0.2, 0.25) is 5.91 Å². The minimum atomic E-state index is -0.0748. The Labute approximate surface area is 137 Å². The van der Waals surface area contributed by atoms with E-state index in [1.807, 2.05) is 6.92 Å². The first-order valence-electron chi connectivity index (χ1n) is 7.12. The maximum Gasteiger partial charge on any atom is 0.238 e. The highest BCUT2D eigenvalue weighted by molar-refractivity contribution is 6.31. The van der Waals surface area contributed by atoms with E-state index in [1.54, 1.807) is 18.2 Å². The Morgan fingerprint density at radius 1 is 1.43 bits per heavy atom. The monoisotopic (exact) mass is 332 g/mol. The number of rotatable bonds is 8. The van der Waals surface area contributed by atoms with Gasteiger partial charge in [0.05, 0.1) is 18.8 Å². The van der Waals surface area contributed by atoms with Crippen LogP contribution in [0.4, 0.5) is 5.69 Å². The van der Waals surface area contributed by atoms with Crippen LogP contribution in [0.25, 0.3) is 0 Å². The van der Waals surface area contributed by atoms with Crippen molar-refractivity contribution < 1.29 is 9.53 Å².